The molecule has 1 aromatic rings. The Morgan fingerprint density at radius 2 is 2.12 bits per heavy atom. The monoisotopic (exact) mass is 302 g/mol. The summed E-state index contributed by atoms with van der Waals surface area (Å²) in [6.45, 7) is 0.234. The van der Waals surface area contributed by atoms with Crippen molar-refractivity contribution in [3.63, 3.8) is 0 Å². The first kappa shape index (κ1) is 13.1. The molecule has 3 N–H and O–H groups in total. The predicted molar refractivity (Wildman–Crippen MR) is 67.5 cm³/mol. The van der Waals surface area contributed by atoms with Gasteiger partial charge in [0.1, 0.15) is 0 Å². The van der Waals surface area contributed by atoms with Gasteiger partial charge < -0.3 is 11.1 Å². The molecule has 1 rings (SSSR count). The van der Waals surface area contributed by atoms with E-state index >= 15 is 0 Å². The van der Waals surface area contributed by atoms with Crippen molar-refractivity contribution in [1.82, 2.24) is 5.32 Å². The highest BCUT2D eigenvalue weighted by Gasteiger charge is 2.09. The van der Waals surface area contributed by atoms with Gasteiger partial charge in [-0.1, -0.05) is 0 Å². The Kier molecular flexibility index (Phi) is 4.82. The molecule has 4 nitrogen and oxygen atoms in total. The summed E-state index contributed by atoms with van der Waals surface area (Å²) >= 11 is 7.41. The summed E-state index contributed by atoms with van der Waals surface area (Å²) in [6, 6.07) is 5.16. The molecule has 0 heterocycles. The average molecular weight is 303 g/mol. The Hall–Kier alpha value is -1.01. The topological polar surface area (TPSA) is 72.2 Å². The number of rotatable bonds is 4. The Bertz CT molecular complexity index is 423. The van der Waals surface area contributed by atoms with Gasteiger partial charge in [0.2, 0.25) is 5.91 Å². The third-order valence-electron chi connectivity index (χ3n) is 1.85. The van der Waals surface area contributed by atoms with Crippen LogP contribution in [0.25, 0.3) is 0 Å². The third-order valence-corrected chi connectivity index (χ3v) is 2.82. The van der Waals surface area contributed by atoms with Gasteiger partial charge in [0, 0.05) is 22.3 Å². The lowest BCUT2D eigenvalue weighted by atomic mass is 10.2. The van der Waals surface area contributed by atoms with E-state index in [4.69, 9.17) is 5.73 Å². The molecule has 0 aromatic heterocycles. The van der Waals surface area contributed by atoms with Crippen molar-refractivity contribution >= 4 is 40.4 Å². The lowest BCUT2D eigenvalue weighted by Gasteiger charge is -2.06. The number of benzene rings is 1. The molecule has 86 valence electrons. The molecule has 0 saturated heterocycles. The lowest BCUT2D eigenvalue weighted by Crippen LogP contribution is -2.28. The van der Waals surface area contributed by atoms with E-state index in [0.29, 0.717) is 14.9 Å². The van der Waals surface area contributed by atoms with Gasteiger partial charge in [0.25, 0.3) is 5.91 Å². The van der Waals surface area contributed by atoms with E-state index < -0.39 is 5.91 Å². The summed E-state index contributed by atoms with van der Waals surface area (Å²) in [5.41, 5.74) is 5.44. The largest absolute Gasteiger partial charge is 0.370 e. The zero-order valence-electron chi connectivity index (χ0n) is 8.37. The standard InChI is InChI=1S/C10H11BrN2O2S/c11-8-2-1-6(16)5-7(8)10(15)13-4-3-9(12)14/h1-2,5,16H,3-4H2,(H2,12,14)(H,13,15). The van der Waals surface area contributed by atoms with Crippen molar-refractivity contribution in [3.05, 3.63) is 28.2 Å². The summed E-state index contributed by atoms with van der Waals surface area (Å²) in [4.78, 5) is 22.9. The quantitative estimate of drug-likeness (QED) is 0.735. The first-order valence-corrected chi connectivity index (χ1v) is 5.79. The first-order valence-electron chi connectivity index (χ1n) is 4.55. The van der Waals surface area contributed by atoms with Crippen LogP contribution < -0.4 is 11.1 Å². The fraction of sp³-hybridized carbons (Fsp3) is 0.200. The number of nitrogens with one attached hydrogen (secondary N) is 1. The number of hydrogen-bond donors (Lipinski definition) is 3. The lowest BCUT2D eigenvalue weighted by molar-refractivity contribution is -0.117. The maximum absolute atomic E-state index is 11.7. The molecule has 0 aliphatic rings. The smallest absolute Gasteiger partial charge is 0.252 e. The van der Waals surface area contributed by atoms with Crippen molar-refractivity contribution < 1.29 is 9.59 Å². The molecule has 1 aromatic carbocycles. The van der Waals surface area contributed by atoms with E-state index in [0.717, 1.165) is 0 Å². The van der Waals surface area contributed by atoms with Gasteiger partial charge >= 0.3 is 0 Å². The SMILES string of the molecule is NC(=O)CCNC(=O)c1cc(S)ccc1Br. The molecular weight excluding hydrogens is 292 g/mol. The molecule has 0 aliphatic heterocycles. The molecule has 0 atom stereocenters. The minimum Gasteiger partial charge on any atom is -0.370 e. The molecule has 0 fully saturated rings. The Labute approximate surface area is 107 Å². The number of primary amides is 1. The van der Waals surface area contributed by atoms with Crippen molar-refractivity contribution in [2.75, 3.05) is 6.54 Å². The predicted octanol–water partition coefficient (Wildman–Crippen LogP) is 1.34. The highest BCUT2D eigenvalue weighted by Crippen LogP contribution is 2.19. The summed E-state index contributed by atoms with van der Waals surface area (Å²) in [7, 11) is 0. The van der Waals surface area contributed by atoms with E-state index in [1.807, 2.05) is 0 Å². The van der Waals surface area contributed by atoms with Crippen molar-refractivity contribution in [2.45, 2.75) is 11.3 Å². The van der Waals surface area contributed by atoms with Crippen molar-refractivity contribution in [2.24, 2.45) is 5.73 Å². The molecule has 0 saturated carbocycles. The van der Waals surface area contributed by atoms with Crippen molar-refractivity contribution in [3.8, 4) is 0 Å². The Balaban J connectivity index is 2.65. The summed E-state index contributed by atoms with van der Waals surface area (Å²) in [5.74, 6) is -0.702. The van der Waals surface area contributed by atoms with Crippen LogP contribution in [0, 0.1) is 0 Å². The second-order valence-corrected chi connectivity index (χ2v) is 4.51. The van der Waals surface area contributed by atoms with Crippen LogP contribution in [0.5, 0.6) is 0 Å². The number of halogens is 1. The summed E-state index contributed by atoms with van der Waals surface area (Å²) in [6.07, 6.45) is 0.129. The van der Waals surface area contributed by atoms with Gasteiger partial charge in [-0.05, 0) is 34.1 Å². The molecule has 0 radical (unpaired) electrons. The van der Waals surface area contributed by atoms with Gasteiger partial charge in [0.05, 0.1) is 5.56 Å². The first-order chi connectivity index (χ1) is 7.50. The molecule has 0 aliphatic carbocycles. The van der Waals surface area contributed by atoms with Gasteiger partial charge in [0.15, 0.2) is 0 Å². The number of carbonyl (C=O) groups is 2. The third kappa shape index (κ3) is 3.86. The van der Waals surface area contributed by atoms with E-state index in [-0.39, 0.29) is 18.9 Å². The molecule has 16 heavy (non-hydrogen) atoms. The van der Waals surface area contributed by atoms with Crippen LogP contribution in [-0.2, 0) is 4.79 Å². The van der Waals surface area contributed by atoms with Crippen LogP contribution in [-0.4, -0.2) is 18.4 Å². The second-order valence-electron chi connectivity index (χ2n) is 3.14. The molecule has 2 amide bonds. The number of nitrogens with two attached hydrogens (primary N) is 1. The highest BCUT2D eigenvalue weighted by molar-refractivity contribution is 9.10. The fourth-order valence-corrected chi connectivity index (χ4v) is 1.71. The van der Waals surface area contributed by atoms with E-state index in [9.17, 15) is 9.59 Å². The molecule has 0 bridgehead atoms. The average Bonchev–Trinajstić information content (AvgIpc) is 2.21. The zero-order chi connectivity index (χ0) is 12.1. The molecular formula is C10H11BrN2O2S. The fourth-order valence-electron chi connectivity index (χ4n) is 1.08. The van der Waals surface area contributed by atoms with Crippen molar-refractivity contribution in [1.29, 1.82) is 0 Å². The van der Waals surface area contributed by atoms with E-state index in [1.165, 1.54) is 0 Å². The second kappa shape index (κ2) is 5.91. The van der Waals surface area contributed by atoms with Gasteiger partial charge in [-0.3, -0.25) is 9.59 Å². The van der Waals surface area contributed by atoms with Crippen LogP contribution in [0.1, 0.15) is 16.8 Å². The van der Waals surface area contributed by atoms with Crippen LogP contribution in [0.3, 0.4) is 0 Å². The number of hydrogen-bond acceptors (Lipinski definition) is 3. The maximum Gasteiger partial charge on any atom is 0.252 e. The number of thiol groups is 1. The Morgan fingerprint density at radius 3 is 2.75 bits per heavy atom. The van der Waals surface area contributed by atoms with Gasteiger partial charge in [-0.2, -0.15) is 0 Å². The highest BCUT2D eigenvalue weighted by atomic mass is 79.9. The van der Waals surface area contributed by atoms with Crippen LogP contribution in [0.15, 0.2) is 27.6 Å². The molecule has 0 spiro atoms. The van der Waals surface area contributed by atoms with Crippen LogP contribution >= 0.6 is 28.6 Å². The zero-order valence-corrected chi connectivity index (χ0v) is 10.8. The minimum absolute atomic E-state index is 0.129. The molecule has 6 heteroatoms. The molecule has 0 unspecified atom stereocenters. The maximum atomic E-state index is 11.7. The number of carbonyl (C=O) groups excluding carboxylic acids is 2. The minimum atomic E-state index is -0.442. The van der Waals surface area contributed by atoms with Crippen LogP contribution in [0.2, 0.25) is 0 Å². The summed E-state index contributed by atoms with van der Waals surface area (Å²) in [5, 5.41) is 2.59. The van der Waals surface area contributed by atoms with Gasteiger partial charge in [-0.25, -0.2) is 0 Å². The summed E-state index contributed by atoms with van der Waals surface area (Å²) < 4.78 is 0.682. The van der Waals surface area contributed by atoms with E-state index in [1.54, 1.807) is 18.2 Å². The van der Waals surface area contributed by atoms with Crippen LogP contribution in [0.4, 0.5) is 0 Å². The normalized spacial score (nSPS) is 9.88. The van der Waals surface area contributed by atoms with E-state index in [2.05, 4.69) is 33.9 Å². The number of amides is 2. The van der Waals surface area contributed by atoms with Gasteiger partial charge in [-0.15, -0.1) is 12.6 Å². The Morgan fingerprint density at radius 1 is 1.44 bits per heavy atom.